The van der Waals surface area contributed by atoms with Crippen LogP contribution in [0.5, 0.6) is 28.7 Å². The van der Waals surface area contributed by atoms with Crippen LogP contribution in [-0.4, -0.2) is 77.1 Å². The molecule has 2 aliphatic carbocycles. The van der Waals surface area contributed by atoms with Crippen molar-refractivity contribution in [2.75, 3.05) is 33.7 Å². The maximum Gasteiger partial charge on any atom is 0.269 e. The van der Waals surface area contributed by atoms with Crippen molar-refractivity contribution in [1.82, 2.24) is 4.90 Å². The molecule has 1 saturated carbocycles. The van der Waals surface area contributed by atoms with Crippen LogP contribution in [-0.2, 0) is 16.2 Å². The highest BCUT2D eigenvalue weighted by Gasteiger charge is 2.65. The lowest BCUT2D eigenvalue weighted by molar-refractivity contribution is -0.384. The fourth-order valence-electron chi connectivity index (χ4n) is 9.98. The van der Waals surface area contributed by atoms with Crippen molar-refractivity contribution in [3.05, 3.63) is 141 Å². The van der Waals surface area contributed by atoms with E-state index < -0.39 is 22.7 Å². The third-order valence-electron chi connectivity index (χ3n) is 13.3. The van der Waals surface area contributed by atoms with Gasteiger partial charge in [0, 0.05) is 55.9 Å². The van der Waals surface area contributed by atoms with Gasteiger partial charge in [-0.1, -0.05) is 36.2 Å². The summed E-state index contributed by atoms with van der Waals surface area (Å²) in [4.78, 5) is 33.5. The summed E-state index contributed by atoms with van der Waals surface area (Å²) in [6.45, 7) is 8.49. The van der Waals surface area contributed by atoms with E-state index >= 15 is 0 Å². The van der Waals surface area contributed by atoms with Gasteiger partial charge in [-0.25, -0.2) is 0 Å². The van der Waals surface area contributed by atoms with Crippen LogP contribution >= 0.6 is 0 Å². The summed E-state index contributed by atoms with van der Waals surface area (Å²) in [5.41, 5.74) is 5.75. The van der Waals surface area contributed by atoms with Gasteiger partial charge in [0.1, 0.15) is 29.9 Å². The minimum Gasteiger partial charge on any atom is -0.459 e. The zero-order valence-corrected chi connectivity index (χ0v) is 37.1. The molecule has 6 atom stereocenters. The van der Waals surface area contributed by atoms with Crippen molar-refractivity contribution in [2.45, 2.75) is 83.1 Å². The second kappa shape index (κ2) is 19.9. The summed E-state index contributed by atoms with van der Waals surface area (Å²) in [6, 6.07) is 22.4. The zero-order chi connectivity index (χ0) is 45.7. The summed E-state index contributed by atoms with van der Waals surface area (Å²) in [6.07, 6.45) is 8.53. The maximum absolute atomic E-state index is 14.8. The molecule has 4 aromatic carbocycles. The Labute approximate surface area is 379 Å². The standard InChI is InChI=1S/C51H57N3O11/c1-5-24-62-51-47(53(4)50(57)36-15-20-45-46(27-36)61-31-60-45)29-43(52-63-30-34-13-16-37(17-14-34)54(58)59)41-26-35(10-6-8-22-55)40(11-7-9-23-56)48(49(41)51)42-28-39(19-21-44(42)65-51)64-38-18-12-32(2)33(3)25-38/h5,12-21,25-28,35,40,47-49,55-56H,1,6-11,22-24,29-31H2,2-4H3. The SMILES string of the molecule is C=CCOC12Oc3ccc(Oc4ccc(C)c(C)c4)cc3C3C(CCCCO)C(CCCCO)C=C(C(=NOCc4ccc([N+](=O)[O-])cc4)CC1N(C)C(=O)c1ccc4c(c1)OCO4)C32. The molecule has 65 heavy (non-hydrogen) atoms. The fraction of sp³-hybridized carbons (Fsp3) is 0.412. The number of benzene rings is 4. The third kappa shape index (κ3) is 9.33. The number of fused-ring (bicyclic) bond motifs is 3. The molecule has 1 amide bonds. The Balaban J connectivity index is 1.29. The number of non-ortho nitro benzene ring substituents is 1. The van der Waals surface area contributed by atoms with Crippen molar-refractivity contribution in [2.24, 2.45) is 22.9 Å². The number of amides is 1. The van der Waals surface area contributed by atoms with Crippen LogP contribution < -0.4 is 18.9 Å². The van der Waals surface area contributed by atoms with Gasteiger partial charge >= 0.3 is 0 Å². The van der Waals surface area contributed by atoms with Crippen LogP contribution in [0.3, 0.4) is 0 Å². The molecule has 4 aromatic rings. The summed E-state index contributed by atoms with van der Waals surface area (Å²) in [5.74, 6) is 0.462. The summed E-state index contributed by atoms with van der Waals surface area (Å²) in [7, 11) is 1.74. The Hall–Kier alpha value is -6.22. The Morgan fingerprint density at radius 3 is 2.38 bits per heavy atom. The predicted molar refractivity (Wildman–Crippen MR) is 243 cm³/mol. The minimum absolute atomic E-state index is 0.0103. The molecular formula is C51H57N3O11. The molecule has 8 rings (SSSR count). The summed E-state index contributed by atoms with van der Waals surface area (Å²) < 4.78 is 32.2. The first kappa shape index (κ1) is 45.4. The van der Waals surface area contributed by atoms with Crippen LogP contribution in [0.2, 0.25) is 0 Å². The highest BCUT2D eigenvalue weighted by molar-refractivity contribution is 6.03. The lowest BCUT2D eigenvalue weighted by Gasteiger charge is -2.59. The molecule has 6 unspecified atom stereocenters. The van der Waals surface area contributed by atoms with E-state index in [0.29, 0.717) is 58.4 Å². The number of nitro benzene ring substituents is 1. The third-order valence-corrected chi connectivity index (χ3v) is 13.3. The van der Waals surface area contributed by atoms with E-state index in [4.69, 9.17) is 33.7 Å². The minimum atomic E-state index is -1.46. The number of oxime groups is 1. The van der Waals surface area contributed by atoms with Crippen molar-refractivity contribution < 1.29 is 48.5 Å². The number of ether oxygens (including phenoxy) is 5. The number of aliphatic hydroxyl groups is 2. The normalized spacial score (nSPS) is 23.1. The van der Waals surface area contributed by atoms with Gasteiger partial charge in [-0.05, 0) is 134 Å². The van der Waals surface area contributed by atoms with Gasteiger partial charge < -0.3 is 43.6 Å². The number of aliphatic hydroxyl groups excluding tert-OH is 2. The number of allylic oxidation sites excluding steroid dienone is 1. The number of unbranched alkanes of at least 4 members (excludes halogenated alkanes) is 2. The number of hydrogen-bond donors (Lipinski definition) is 2. The smallest absolute Gasteiger partial charge is 0.269 e. The molecule has 2 heterocycles. The predicted octanol–water partition coefficient (Wildman–Crippen LogP) is 9.34. The first-order valence-corrected chi connectivity index (χ1v) is 22.4. The Morgan fingerprint density at radius 1 is 0.923 bits per heavy atom. The Kier molecular flexibility index (Phi) is 13.9. The molecule has 4 aliphatic rings. The average molecular weight is 888 g/mol. The molecule has 1 fully saturated rings. The zero-order valence-electron chi connectivity index (χ0n) is 37.1. The highest BCUT2D eigenvalue weighted by atomic mass is 16.7. The van der Waals surface area contributed by atoms with Crippen molar-refractivity contribution >= 4 is 17.3 Å². The molecule has 0 radical (unpaired) electrons. The van der Waals surface area contributed by atoms with Crippen LogP contribution in [0.1, 0.15) is 83.5 Å². The Bertz CT molecular complexity index is 2450. The molecule has 0 bridgehead atoms. The van der Waals surface area contributed by atoms with Crippen LogP contribution in [0.15, 0.2) is 108 Å². The molecule has 0 spiro atoms. The van der Waals surface area contributed by atoms with Gasteiger partial charge in [-0.2, -0.15) is 0 Å². The van der Waals surface area contributed by atoms with E-state index in [2.05, 4.69) is 32.6 Å². The summed E-state index contributed by atoms with van der Waals surface area (Å²) in [5, 5.41) is 36.2. The maximum atomic E-state index is 14.8. The Morgan fingerprint density at radius 2 is 1.65 bits per heavy atom. The van der Waals surface area contributed by atoms with E-state index in [1.165, 1.54) is 12.1 Å². The number of hydrogen-bond acceptors (Lipinski definition) is 12. The number of nitrogens with zero attached hydrogens (tertiary/aromatic N) is 3. The molecule has 0 saturated heterocycles. The fourth-order valence-corrected chi connectivity index (χ4v) is 9.98. The van der Waals surface area contributed by atoms with E-state index in [0.717, 1.165) is 47.9 Å². The number of rotatable bonds is 19. The molecule has 14 heteroatoms. The quantitative estimate of drug-likeness (QED) is 0.0398. The molecule has 14 nitrogen and oxygen atoms in total. The van der Waals surface area contributed by atoms with Gasteiger partial charge in [0.05, 0.1) is 23.2 Å². The van der Waals surface area contributed by atoms with Crippen molar-refractivity contribution in [1.29, 1.82) is 0 Å². The lowest BCUT2D eigenvalue weighted by Crippen LogP contribution is -2.69. The van der Waals surface area contributed by atoms with Crippen molar-refractivity contribution in [3.63, 3.8) is 0 Å². The topological polar surface area (TPSA) is 172 Å². The van der Waals surface area contributed by atoms with Gasteiger partial charge in [-0.15, -0.1) is 6.58 Å². The molecule has 0 aromatic heterocycles. The highest BCUT2D eigenvalue weighted by Crippen LogP contribution is 2.62. The number of carbonyl (C=O) groups is 1. The van der Waals surface area contributed by atoms with Gasteiger partial charge in [0.2, 0.25) is 12.6 Å². The van der Waals surface area contributed by atoms with Crippen LogP contribution in [0, 0.1) is 41.7 Å². The molecule has 2 N–H and O–H groups in total. The van der Waals surface area contributed by atoms with Gasteiger partial charge in [-0.3, -0.25) is 14.9 Å². The van der Waals surface area contributed by atoms with E-state index in [-0.39, 0.29) is 69.0 Å². The number of likely N-dealkylation sites (N-methyl/N-ethyl adjacent to an activating group) is 1. The number of aryl methyl sites for hydroxylation is 2. The van der Waals surface area contributed by atoms with Crippen LogP contribution in [0.4, 0.5) is 5.69 Å². The monoisotopic (exact) mass is 887 g/mol. The second-order valence-electron chi connectivity index (χ2n) is 17.3. The largest absolute Gasteiger partial charge is 0.459 e. The second-order valence-corrected chi connectivity index (χ2v) is 17.3. The first-order valence-electron chi connectivity index (χ1n) is 22.4. The molecule has 342 valence electrons. The van der Waals surface area contributed by atoms with Gasteiger partial charge in [0.15, 0.2) is 11.5 Å². The lowest BCUT2D eigenvalue weighted by atomic mass is 9.55. The first-order chi connectivity index (χ1) is 31.5. The van der Waals surface area contributed by atoms with Crippen LogP contribution in [0.25, 0.3) is 0 Å². The average Bonchev–Trinajstić information content (AvgIpc) is 3.79. The summed E-state index contributed by atoms with van der Waals surface area (Å²) >= 11 is 0. The van der Waals surface area contributed by atoms with Crippen molar-refractivity contribution in [3.8, 4) is 28.7 Å². The number of nitro groups is 1. The number of carbonyl (C=O) groups excluding carboxylic acids is 1. The van der Waals surface area contributed by atoms with E-state index in [1.54, 1.807) is 48.4 Å². The molecule has 2 aliphatic heterocycles. The van der Waals surface area contributed by atoms with E-state index in [1.807, 2.05) is 30.3 Å². The van der Waals surface area contributed by atoms with Gasteiger partial charge in [0.25, 0.3) is 11.6 Å². The molecular weight excluding hydrogens is 831 g/mol. The van der Waals surface area contributed by atoms with E-state index in [9.17, 15) is 25.1 Å².